The van der Waals surface area contributed by atoms with Crippen LogP contribution in [0.15, 0.2) is 71.1 Å². The third-order valence-electron chi connectivity index (χ3n) is 5.61. The average molecular weight is 474 g/mol. The van der Waals surface area contributed by atoms with Gasteiger partial charge in [-0.25, -0.2) is 4.98 Å². The van der Waals surface area contributed by atoms with Gasteiger partial charge in [-0.15, -0.1) is 0 Å². The summed E-state index contributed by atoms with van der Waals surface area (Å²) >= 11 is 5.34. The van der Waals surface area contributed by atoms with Crippen molar-refractivity contribution in [3.05, 3.63) is 77.9 Å². The van der Waals surface area contributed by atoms with Gasteiger partial charge in [-0.1, -0.05) is 26.0 Å². The summed E-state index contributed by atoms with van der Waals surface area (Å²) in [6.45, 7) is 6.86. The monoisotopic (exact) mass is 473 g/mol. The molecule has 0 aliphatic rings. The number of thiocarbonyl (C=S) groups is 1. The van der Waals surface area contributed by atoms with Crippen LogP contribution < -0.4 is 15.4 Å². The van der Waals surface area contributed by atoms with Crippen molar-refractivity contribution >= 4 is 40.0 Å². The number of hydrogen-bond acceptors (Lipinski definition) is 5. The summed E-state index contributed by atoms with van der Waals surface area (Å²) in [5.74, 6) is 1.42. The van der Waals surface area contributed by atoms with Gasteiger partial charge in [-0.2, -0.15) is 0 Å². The molecule has 0 fully saturated rings. The number of carbonyl (C=O) groups excluding carboxylic acids is 1. The van der Waals surface area contributed by atoms with Gasteiger partial charge in [0.2, 0.25) is 5.89 Å². The van der Waals surface area contributed by atoms with Gasteiger partial charge in [0.05, 0.1) is 6.61 Å². The molecule has 174 valence electrons. The van der Waals surface area contributed by atoms with Crippen LogP contribution >= 0.6 is 12.2 Å². The first-order chi connectivity index (χ1) is 16.5. The predicted octanol–water partition coefficient (Wildman–Crippen LogP) is 6.53. The van der Waals surface area contributed by atoms with Crippen molar-refractivity contribution < 1.29 is 13.9 Å². The zero-order valence-electron chi connectivity index (χ0n) is 19.4. The molecule has 1 heterocycles. The lowest BCUT2D eigenvalue weighted by Crippen LogP contribution is -2.34. The molecule has 1 atom stereocenters. The second kappa shape index (κ2) is 10.5. The minimum absolute atomic E-state index is 0.201. The molecule has 0 radical (unpaired) electrons. The van der Waals surface area contributed by atoms with Crippen molar-refractivity contribution in [1.82, 2.24) is 10.3 Å². The molecule has 3 aromatic carbocycles. The van der Waals surface area contributed by atoms with Crippen molar-refractivity contribution in [2.75, 3.05) is 11.9 Å². The Morgan fingerprint density at radius 2 is 1.88 bits per heavy atom. The number of nitrogens with zero attached hydrogens (tertiary/aromatic N) is 1. The quantitative estimate of drug-likeness (QED) is 0.297. The molecule has 0 aliphatic carbocycles. The van der Waals surface area contributed by atoms with E-state index >= 15 is 0 Å². The van der Waals surface area contributed by atoms with E-state index in [-0.39, 0.29) is 11.0 Å². The summed E-state index contributed by atoms with van der Waals surface area (Å²) in [5, 5.41) is 5.96. The highest BCUT2D eigenvalue weighted by Gasteiger charge is 2.13. The Balaban J connectivity index is 1.45. The number of benzene rings is 3. The highest BCUT2D eigenvalue weighted by molar-refractivity contribution is 7.80. The van der Waals surface area contributed by atoms with Gasteiger partial charge in [-0.3, -0.25) is 10.1 Å². The molecule has 2 N–H and O–H groups in total. The highest BCUT2D eigenvalue weighted by atomic mass is 32.1. The smallest absolute Gasteiger partial charge is 0.257 e. The van der Waals surface area contributed by atoms with E-state index in [0.29, 0.717) is 29.7 Å². The van der Waals surface area contributed by atoms with Crippen LogP contribution in [0.3, 0.4) is 0 Å². The maximum absolute atomic E-state index is 12.5. The Morgan fingerprint density at radius 3 is 2.62 bits per heavy atom. The SMILES string of the molecule is CCOc1ccc(C(=O)NC(=S)Nc2cccc(-c3nc4cc([C@@H](C)CC)ccc4o3)c2)cc1. The normalized spacial score (nSPS) is 11.7. The summed E-state index contributed by atoms with van der Waals surface area (Å²) in [6, 6.07) is 20.6. The second-order valence-corrected chi connectivity index (χ2v) is 8.41. The topological polar surface area (TPSA) is 76.4 Å². The van der Waals surface area contributed by atoms with Crippen molar-refractivity contribution in [1.29, 1.82) is 0 Å². The molecule has 0 saturated carbocycles. The number of aromatic nitrogens is 1. The number of hydrogen-bond donors (Lipinski definition) is 2. The van der Waals surface area contributed by atoms with Crippen LogP contribution in [0.25, 0.3) is 22.6 Å². The fourth-order valence-electron chi connectivity index (χ4n) is 3.55. The van der Waals surface area contributed by atoms with E-state index in [0.717, 1.165) is 28.8 Å². The molecule has 1 amide bonds. The number of nitrogens with one attached hydrogen (secondary N) is 2. The number of anilines is 1. The van der Waals surface area contributed by atoms with Crippen LogP contribution in [0.2, 0.25) is 0 Å². The number of fused-ring (bicyclic) bond motifs is 1. The van der Waals surface area contributed by atoms with Crippen molar-refractivity contribution in [2.45, 2.75) is 33.1 Å². The average Bonchev–Trinajstić information content (AvgIpc) is 3.28. The summed E-state index contributed by atoms with van der Waals surface area (Å²) in [6.07, 6.45) is 1.07. The maximum Gasteiger partial charge on any atom is 0.257 e. The van der Waals surface area contributed by atoms with Crippen molar-refractivity contribution in [3.8, 4) is 17.2 Å². The maximum atomic E-state index is 12.5. The Kier molecular flexibility index (Phi) is 7.23. The Bertz CT molecular complexity index is 1310. The molecule has 4 aromatic rings. The molecule has 7 heteroatoms. The number of rotatable bonds is 7. The minimum atomic E-state index is -0.298. The molecule has 0 bridgehead atoms. The van der Waals surface area contributed by atoms with Crippen LogP contribution in [0.1, 0.15) is 49.0 Å². The van der Waals surface area contributed by atoms with Crippen molar-refractivity contribution in [3.63, 3.8) is 0 Å². The highest BCUT2D eigenvalue weighted by Crippen LogP contribution is 2.29. The number of amides is 1. The summed E-state index contributed by atoms with van der Waals surface area (Å²) in [5.41, 5.74) is 4.86. The van der Waals surface area contributed by atoms with Gasteiger partial charge in [0.1, 0.15) is 11.3 Å². The van der Waals surface area contributed by atoms with Crippen LogP contribution in [0.5, 0.6) is 5.75 Å². The Hall–Kier alpha value is -3.71. The summed E-state index contributed by atoms with van der Waals surface area (Å²) in [4.78, 5) is 17.2. The van der Waals surface area contributed by atoms with Gasteiger partial charge >= 0.3 is 0 Å². The van der Waals surface area contributed by atoms with Crippen molar-refractivity contribution in [2.24, 2.45) is 0 Å². The van der Waals surface area contributed by atoms with E-state index in [1.54, 1.807) is 24.3 Å². The fraction of sp³-hybridized carbons (Fsp3) is 0.222. The molecule has 0 saturated heterocycles. The van der Waals surface area contributed by atoms with E-state index < -0.39 is 0 Å². The minimum Gasteiger partial charge on any atom is -0.494 e. The lowest BCUT2D eigenvalue weighted by Gasteiger charge is -2.10. The third-order valence-corrected chi connectivity index (χ3v) is 5.82. The van der Waals surface area contributed by atoms with Gasteiger partial charge < -0.3 is 14.5 Å². The zero-order valence-corrected chi connectivity index (χ0v) is 20.2. The molecular formula is C27H27N3O3S. The van der Waals surface area contributed by atoms with E-state index in [1.165, 1.54) is 5.56 Å². The van der Waals surface area contributed by atoms with Gasteiger partial charge in [0.15, 0.2) is 10.7 Å². The first kappa shape index (κ1) is 23.4. The number of ether oxygens (including phenoxy) is 1. The van der Waals surface area contributed by atoms with E-state index in [2.05, 4.69) is 41.6 Å². The molecule has 34 heavy (non-hydrogen) atoms. The molecule has 4 rings (SSSR count). The van der Waals surface area contributed by atoms with Crippen LogP contribution in [0.4, 0.5) is 5.69 Å². The standard InChI is InChI=1S/C27H27N3O3S/c1-4-17(3)19-11-14-24-23(16-19)29-26(33-24)20-7-6-8-21(15-20)28-27(34)30-25(31)18-9-12-22(13-10-18)32-5-2/h6-17H,4-5H2,1-3H3,(H2,28,30,31,34)/t17-/m0/s1. The number of oxazole rings is 1. The van der Waals surface area contributed by atoms with E-state index in [4.69, 9.17) is 21.4 Å². The summed E-state index contributed by atoms with van der Waals surface area (Å²) < 4.78 is 11.4. The largest absolute Gasteiger partial charge is 0.494 e. The Morgan fingerprint density at radius 1 is 1.09 bits per heavy atom. The Labute approximate surface area is 204 Å². The zero-order chi connectivity index (χ0) is 24.1. The second-order valence-electron chi connectivity index (χ2n) is 8.00. The van der Waals surface area contributed by atoms with Crippen LogP contribution in [-0.2, 0) is 0 Å². The molecular weight excluding hydrogens is 446 g/mol. The van der Waals surface area contributed by atoms with Gasteiger partial charge in [0, 0.05) is 16.8 Å². The lowest BCUT2D eigenvalue weighted by atomic mass is 9.98. The summed E-state index contributed by atoms with van der Waals surface area (Å²) in [7, 11) is 0. The predicted molar refractivity (Wildman–Crippen MR) is 139 cm³/mol. The first-order valence-corrected chi connectivity index (χ1v) is 11.7. The lowest BCUT2D eigenvalue weighted by molar-refractivity contribution is 0.0977. The first-order valence-electron chi connectivity index (χ1n) is 11.3. The van der Waals surface area contributed by atoms with E-state index in [9.17, 15) is 4.79 Å². The van der Waals surface area contributed by atoms with Gasteiger partial charge in [-0.05, 0) is 91.6 Å². The van der Waals surface area contributed by atoms with E-state index in [1.807, 2.05) is 37.3 Å². The molecule has 6 nitrogen and oxygen atoms in total. The molecule has 0 unspecified atom stereocenters. The molecule has 0 spiro atoms. The number of carbonyl (C=O) groups is 1. The molecule has 0 aliphatic heterocycles. The van der Waals surface area contributed by atoms with Gasteiger partial charge in [0.25, 0.3) is 5.91 Å². The van der Waals surface area contributed by atoms with Crippen LogP contribution in [-0.4, -0.2) is 22.6 Å². The fourth-order valence-corrected chi connectivity index (χ4v) is 3.76. The van der Waals surface area contributed by atoms with Crippen LogP contribution in [0, 0.1) is 0 Å². The third kappa shape index (κ3) is 5.43. The molecule has 1 aromatic heterocycles.